The molecule has 3 rings (SSSR count). The molecular formula is C18H17NO3. The van der Waals surface area contributed by atoms with E-state index in [4.69, 9.17) is 9.47 Å². The molecule has 0 bridgehead atoms. The number of nitrogens with one attached hydrogen (secondary N) is 1. The van der Waals surface area contributed by atoms with Gasteiger partial charge >= 0.3 is 0 Å². The van der Waals surface area contributed by atoms with E-state index in [0.717, 1.165) is 22.6 Å². The van der Waals surface area contributed by atoms with Gasteiger partial charge in [0.15, 0.2) is 11.5 Å². The average molecular weight is 295 g/mol. The van der Waals surface area contributed by atoms with Gasteiger partial charge in [-0.3, -0.25) is 4.79 Å². The Balaban J connectivity index is 1.62. The first-order valence-corrected chi connectivity index (χ1v) is 7.15. The first-order valence-electron chi connectivity index (χ1n) is 7.15. The van der Waals surface area contributed by atoms with Crippen LogP contribution in [0.5, 0.6) is 11.5 Å². The zero-order chi connectivity index (χ0) is 15.4. The molecule has 112 valence electrons. The second-order valence-corrected chi connectivity index (χ2v) is 5.09. The van der Waals surface area contributed by atoms with Crippen molar-refractivity contribution < 1.29 is 14.3 Å². The topological polar surface area (TPSA) is 47.6 Å². The molecule has 0 spiro atoms. The molecule has 1 atom stereocenters. The van der Waals surface area contributed by atoms with Crippen molar-refractivity contribution in [1.82, 2.24) is 5.32 Å². The molecule has 0 radical (unpaired) electrons. The number of rotatable bonds is 4. The maximum absolute atomic E-state index is 12.0. The molecule has 1 aliphatic rings. The third-order valence-electron chi connectivity index (χ3n) is 3.48. The van der Waals surface area contributed by atoms with E-state index in [1.165, 1.54) is 0 Å². The summed E-state index contributed by atoms with van der Waals surface area (Å²) in [5, 5.41) is 2.94. The second-order valence-electron chi connectivity index (χ2n) is 5.09. The Morgan fingerprint density at radius 1 is 1.14 bits per heavy atom. The van der Waals surface area contributed by atoms with E-state index in [1.54, 1.807) is 12.2 Å². The number of benzene rings is 2. The van der Waals surface area contributed by atoms with Crippen molar-refractivity contribution in [2.45, 2.75) is 13.0 Å². The van der Waals surface area contributed by atoms with Gasteiger partial charge in [0.25, 0.3) is 0 Å². The maximum atomic E-state index is 12.0. The van der Waals surface area contributed by atoms with Crippen molar-refractivity contribution in [3.05, 3.63) is 65.7 Å². The summed E-state index contributed by atoms with van der Waals surface area (Å²) in [6.07, 6.45) is 3.33. The van der Waals surface area contributed by atoms with Crippen LogP contribution in [-0.4, -0.2) is 12.7 Å². The highest BCUT2D eigenvalue weighted by atomic mass is 16.7. The van der Waals surface area contributed by atoms with Gasteiger partial charge < -0.3 is 14.8 Å². The van der Waals surface area contributed by atoms with Gasteiger partial charge in [0.1, 0.15) is 0 Å². The first kappa shape index (κ1) is 14.2. The Morgan fingerprint density at radius 2 is 1.91 bits per heavy atom. The van der Waals surface area contributed by atoms with E-state index in [0.29, 0.717) is 0 Å². The number of amides is 1. The molecule has 2 aromatic rings. The number of carbonyl (C=O) groups is 1. The van der Waals surface area contributed by atoms with Crippen LogP contribution < -0.4 is 14.8 Å². The summed E-state index contributed by atoms with van der Waals surface area (Å²) in [7, 11) is 0. The smallest absolute Gasteiger partial charge is 0.244 e. The number of hydrogen-bond acceptors (Lipinski definition) is 3. The fourth-order valence-electron chi connectivity index (χ4n) is 2.26. The minimum absolute atomic E-state index is 0.109. The summed E-state index contributed by atoms with van der Waals surface area (Å²) in [5.74, 6) is 1.33. The summed E-state index contributed by atoms with van der Waals surface area (Å²) >= 11 is 0. The van der Waals surface area contributed by atoms with Crippen LogP contribution in [0.3, 0.4) is 0 Å². The van der Waals surface area contributed by atoms with Crippen LogP contribution in [-0.2, 0) is 4.79 Å². The molecule has 1 amide bonds. The van der Waals surface area contributed by atoms with Gasteiger partial charge in [0, 0.05) is 6.08 Å². The predicted octanol–water partition coefficient (Wildman–Crippen LogP) is 3.31. The number of hydrogen-bond donors (Lipinski definition) is 1. The summed E-state index contributed by atoms with van der Waals surface area (Å²) in [5.41, 5.74) is 1.97. The monoisotopic (exact) mass is 295 g/mol. The maximum Gasteiger partial charge on any atom is 0.244 e. The van der Waals surface area contributed by atoms with Crippen molar-refractivity contribution in [2.24, 2.45) is 0 Å². The van der Waals surface area contributed by atoms with Gasteiger partial charge in [-0.2, -0.15) is 0 Å². The lowest BCUT2D eigenvalue weighted by Crippen LogP contribution is -2.24. The molecule has 0 aromatic heterocycles. The van der Waals surface area contributed by atoms with E-state index in [1.807, 2.05) is 55.5 Å². The van der Waals surface area contributed by atoms with Crippen molar-refractivity contribution in [3.63, 3.8) is 0 Å². The molecular weight excluding hydrogens is 278 g/mol. The minimum Gasteiger partial charge on any atom is -0.454 e. The molecule has 4 nitrogen and oxygen atoms in total. The number of fused-ring (bicyclic) bond motifs is 1. The van der Waals surface area contributed by atoms with Crippen molar-refractivity contribution in [3.8, 4) is 11.5 Å². The van der Waals surface area contributed by atoms with E-state index in [9.17, 15) is 4.79 Å². The zero-order valence-electron chi connectivity index (χ0n) is 12.3. The highest BCUT2D eigenvalue weighted by molar-refractivity contribution is 5.91. The average Bonchev–Trinajstić information content (AvgIpc) is 3.01. The molecule has 0 saturated heterocycles. The van der Waals surface area contributed by atoms with Crippen LogP contribution >= 0.6 is 0 Å². The Morgan fingerprint density at radius 3 is 2.73 bits per heavy atom. The standard InChI is InChI=1S/C18H17NO3/c1-13(15-8-9-16-17(11-15)22-12-21-16)19-18(20)10-7-14-5-3-2-4-6-14/h2-11,13H,12H2,1H3,(H,19,20)/b10-7+. The third-order valence-corrected chi connectivity index (χ3v) is 3.48. The molecule has 1 N–H and O–H groups in total. The second kappa shape index (κ2) is 6.35. The fraction of sp³-hybridized carbons (Fsp3) is 0.167. The summed E-state index contributed by atoms with van der Waals surface area (Å²) in [6.45, 7) is 2.19. The first-order chi connectivity index (χ1) is 10.7. The van der Waals surface area contributed by atoms with Gasteiger partial charge in [-0.25, -0.2) is 0 Å². The Kier molecular flexibility index (Phi) is 4.10. The highest BCUT2D eigenvalue weighted by Crippen LogP contribution is 2.34. The van der Waals surface area contributed by atoms with E-state index >= 15 is 0 Å². The number of ether oxygens (including phenoxy) is 2. The molecule has 1 unspecified atom stereocenters. The van der Waals surface area contributed by atoms with Crippen molar-refractivity contribution in [1.29, 1.82) is 0 Å². The lowest BCUT2D eigenvalue weighted by Gasteiger charge is -2.13. The van der Waals surface area contributed by atoms with Crippen molar-refractivity contribution >= 4 is 12.0 Å². The van der Waals surface area contributed by atoms with Crippen LogP contribution in [0, 0.1) is 0 Å². The van der Waals surface area contributed by atoms with Crippen LogP contribution in [0.2, 0.25) is 0 Å². The minimum atomic E-state index is -0.131. The quantitative estimate of drug-likeness (QED) is 0.880. The molecule has 0 saturated carbocycles. The molecule has 0 aliphatic carbocycles. The highest BCUT2D eigenvalue weighted by Gasteiger charge is 2.16. The molecule has 1 heterocycles. The molecule has 22 heavy (non-hydrogen) atoms. The van der Waals surface area contributed by atoms with E-state index in [-0.39, 0.29) is 18.7 Å². The summed E-state index contributed by atoms with van der Waals surface area (Å²) < 4.78 is 10.6. The van der Waals surface area contributed by atoms with Gasteiger partial charge in [-0.05, 0) is 36.3 Å². The Hall–Kier alpha value is -2.75. The predicted molar refractivity (Wildman–Crippen MR) is 84.6 cm³/mol. The van der Waals surface area contributed by atoms with Gasteiger partial charge in [0.05, 0.1) is 6.04 Å². The van der Waals surface area contributed by atoms with Crippen LogP contribution in [0.1, 0.15) is 24.1 Å². The number of carbonyl (C=O) groups excluding carboxylic acids is 1. The van der Waals surface area contributed by atoms with Crippen LogP contribution in [0.15, 0.2) is 54.6 Å². The molecule has 4 heteroatoms. The Labute approximate surface area is 129 Å². The normalized spacial score (nSPS) is 14.0. The van der Waals surface area contributed by atoms with Crippen LogP contribution in [0.25, 0.3) is 6.08 Å². The third kappa shape index (κ3) is 3.28. The van der Waals surface area contributed by atoms with Crippen LogP contribution in [0.4, 0.5) is 0 Å². The lowest BCUT2D eigenvalue weighted by molar-refractivity contribution is -0.117. The molecule has 2 aromatic carbocycles. The fourth-order valence-corrected chi connectivity index (χ4v) is 2.26. The van der Waals surface area contributed by atoms with E-state index < -0.39 is 0 Å². The molecule has 0 fully saturated rings. The zero-order valence-corrected chi connectivity index (χ0v) is 12.3. The van der Waals surface area contributed by atoms with Crippen molar-refractivity contribution in [2.75, 3.05) is 6.79 Å². The molecule has 1 aliphatic heterocycles. The lowest BCUT2D eigenvalue weighted by atomic mass is 10.1. The largest absolute Gasteiger partial charge is 0.454 e. The summed E-state index contributed by atoms with van der Waals surface area (Å²) in [4.78, 5) is 12.0. The van der Waals surface area contributed by atoms with Gasteiger partial charge in [-0.1, -0.05) is 36.4 Å². The SMILES string of the molecule is CC(NC(=O)/C=C/c1ccccc1)c1ccc2c(c1)OCO2. The van der Waals surface area contributed by atoms with E-state index in [2.05, 4.69) is 5.32 Å². The summed E-state index contributed by atoms with van der Waals surface area (Å²) in [6, 6.07) is 15.3. The Bertz CT molecular complexity index is 695. The van der Waals surface area contributed by atoms with Gasteiger partial charge in [-0.15, -0.1) is 0 Å². The van der Waals surface area contributed by atoms with Gasteiger partial charge in [0.2, 0.25) is 12.7 Å².